The van der Waals surface area contributed by atoms with Crippen LogP contribution in [0.5, 0.6) is 5.75 Å². The molecule has 1 aromatic carbocycles. The molecular formula is C18H24N4O2. The van der Waals surface area contributed by atoms with Crippen LogP contribution >= 0.6 is 0 Å². The molecule has 0 bridgehead atoms. The first-order valence-corrected chi connectivity index (χ1v) is 8.52. The molecule has 2 aromatic rings. The van der Waals surface area contributed by atoms with Crippen LogP contribution in [0, 0.1) is 0 Å². The molecule has 1 amide bonds. The normalized spacial score (nSPS) is 13.3. The number of aromatic nitrogens is 2. The van der Waals surface area contributed by atoms with Crippen molar-refractivity contribution in [3.63, 3.8) is 0 Å². The van der Waals surface area contributed by atoms with Gasteiger partial charge in [0.1, 0.15) is 12.4 Å². The van der Waals surface area contributed by atoms with Gasteiger partial charge in [0.25, 0.3) is 0 Å². The highest BCUT2D eigenvalue weighted by Crippen LogP contribution is 2.36. The Balaban J connectivity index is 1.88. The predicted octanol–water partition coefficient (Wildman–Crippen LogP) is 2.96. The van der Waals surface area contributed by atoms with E-state index < -0.39 is 0 Å². The topological polar surface area (TPSA) is 61.5 Å². The van der Waals surface area contributed by atoms with Gasteiger partial charge in [0.2, 0.25) is 5.91 Å². The van der Waals surface area contributed by atoms with E-state index in [9.17, 15) is 4.79 Å². The number of rotatable bonds is 6. The minimum absolute atomic E-state index is 0.164. The molecule has 0 radical (unpaired) electrons. The summed E-state index contributed by atoms with van der Waals surface area (Å²) in [5, 5.41) is 0. The van der Waals surface area contributed by atoms with Gasteiger partial charge in [0, 0.05) is 24.8 Å². The first kappa shape index (κ1) is 16.4. The average molecular weight is 328 g/mol. The number of hydrogen-bond donors (Lipinski definition) is 1. The number of hydrogen-bond acceptors (Lipinski definition) is 4. The van der Waals surface area contributed by atoms with Crippen LogP contribution in [-0.4, -0.2) is 35.6 Å². The zero-order chi connectivity index (χ0) is 16.9. The summed E-state index contributed by atoms with van der Waals surface area (Å²) in [5.74, 6) is 1.03. The summed E-state index contributed by atoms with van der Waals surface area (Å²) in [6.45, 7) is 6.91. The van der Waals surface area contributed by atoms with E-state index in [1.807, 2.05) is 37.1 Å². The highest BCUT2D eigenvalue weighted by molar-refractivity contribution is 5.94. The van der Waals surface area contributed by atoms with Crippen molar-refractivity contribution >= 4 is 17.3 Å². The maximum atomic E-state index is 12.3. The fourth-order valence-corrected chi connectivity index (χ4v) is 3.02. The standard InChI is InChI=1S/C18H24N4O2/c1-3-5-18(23)22(4-2)15-6-7-17-16(10-15)21(8-9-24-17)12-14-11-19-13-20-14/h6-7,10-11,13H,3-5,8-9,12H2,1-2H3,(H,19,20). The summed E-state index contributed by atoms with van der Waals surface area (Å²) in [7, 11) is 0. The van der Waals surface area contributed by atoms with Crippen LogP contribution in [-0.2, 0) is 11.3 Å². The number of anilines is 2. The van der Waals surface area contributed by atoms with E-state index in [2.05, 4.69) is 20.9 Å². The van der Waals surface area contributed by atoms with Gasteiger partial charge in [-0.2, -0.15) is 0 Å². The van der Waals surface area contributed by atoms with E-state index in [4.69, 9.17) is 4.74 Å². The molecule has 0 spiro atoms. The zero-order valence-electron chi connectivity index (χ0n) is 14.3. The third-order valence-electron chi connectivity index (χ3n) is 4.21. The Kier molecular flexibility index (Phi) is 5.03. The lowest BCUT2D eigenvalue weighted by Crippen LogP contribution is -2.34. The van der Waals surface area contributed by atoms with Crippen molar-refractivity contribution in [3.8, 4) is 5.75 Å². The summed E-state index contributed by atoms with van der Waals surface area (Å²) < 4.78 is 5.78. The van der Waals surface area contributed by atoms with Crippen molar-refractivity contribution in [2.24, 2.45) is 0 Å². The van der Waals surface area contributed by atoms with Crippen LogP contribution in [0.2, 0.25) is 0 Å². The molecule has 0 fully saturated rings. The quantitative estimate of drug-likeness (QED) is 0.885. The highest BCUT2D eigenvalue weighted by Gasteiger charge is 2.21. The number of nitrogens with one attached hydrogen (secondary N) is 1. The number of nitrogens with zero attached hydrogens (tertiary/aromatic N) is 3. The Morgan fingerprint density at radius 1 is 1.42 bits per heavy atom. The van der Waals surface area contributed by atoms with E-state index in [1.54, 1.807) is 6.33 Å². The van der Waals surface area contributed by atoms with Crippen molar-refractivity contribution in [1.82, 2.24) is 9.97 Å². The van der Waals surface area contributed by atoms with Crippen LogP contribution in [0.4, 0.5) is 11.4 Å². The maximum absolute atomic E-state index is 12.3. The minimum Gasteiger partial charge on any atom is -0.490 e. The lowest BCUT2D eigenvalue weighted by atomic mass is 10.1. The molecule has 6 heteroatoms. The zero-order valence-corrected chi connectivity index (χ0v) is 14.3. The number of H-pyrrole nitrogens is 1. The number of amides is 1. The van der Waals surface area contributed by atoms with E-state index >= 15 is 0 Å². The molecule has 128 valence electrons. The molecule has 0 saturated heterocycles. The number of carbonyl (C=O) groups excluding carboxylic acids is 1. The largest absolute Gasteiger partial charge is 0.490 e. The lowest BCUT2D eigenvalue weighted by molar-refractivity contribution is -0.118. The van der Waals surface area contributed by atoms with Gasteiger partial charge in [-0.3, -0.25) is 4.79 Å². The van der Waals surface area contributed by atoms with E-state index in [0.717, 1.165) is 42.3 Å². The Bertz CT molecular complexity index is 684. The number of ether oxygens (including phenoxy) is 1. The minimum atomic E-state index is 0.164. The Morgan fingerprint density at radius 3 is 3.00 bits per heavy atom. The molecule has 1 aliphatic rings. The molecular weight excluding hydrogens is 304 g/mol. The van der Waals surface area contributed by atoms with Crippen LogP contribution in [0.3, 0.4) is 0 Å². The molecule has 0 unspecified atom stereocenters. The number of carbonyl (C=O) groups is 1. The van der Waals surface area contributed by atoms with Gasteiger partial charge in [-0.05, 0) is 31.5 Å². The summed E-state index contributed by atoms with van der Waals surface area (Å²) in [5.41, 5.74) is 3.01. The number of imidazole rings is 1. The van der Waals surface area contributed by atoms with Crippen LogP contribution in [0.1, 0.15) is 32.4 Å². The molecule has 2 heterocycles. The first-order valence-electron chi connectivity index (χ1n) is 8.52. The Labute approximate surface area is 142 Å². The van der Waals surface area contributed by atoms with Crippen molar-refractivity contribution in [2.45, 2.75) is 33.2 Å². The van der Waals surface area contributed by atoms with Crippen LogP contribution in [0.25, 0.3) is 0 Å². The molecule has 1 aromatic heterocycles. The fraction of sp³-hybridized carbons (Fsp3) is 0.444. The second-order valence-corrected chi connectivity index (χ2v) is 5.89. The molecule has 24 heavy (non-hydrogen) atoms. The molecule has 0 aliphatic carbocycles. The number of aromatic amines is 1. The van der Waals surface area contributed by atoms with Gasteiger partial charge >= 0.3 is 0 Å². The molecule has 1 N–H and O–H groups in total. The predicted molar refractivity (Wildman–Crippen MR) is 94.5 cm³/mol. The number of fused-ring (bicyclic) bond motifs is 1. The van der Waals surface area contributed by atoms with Gasteiger partial charge in [-0.25, -0.2) is 4.98 Å². The summed E-state index contributed by atoms with van der Waals surface area (Å²) in [6.07, 6.45) is 4.95. The first-order chi connectivity index (χ1) is 11.7. The van der Waals surface area contributed by atoms with Gasteiger partial charge in [0.15, 0.2) is 0 Å². The van der Waals surface area contributed by atoms with Crippen LogP contribution in [0.15, 0.2) is 30.7 Å². The average Bonchev–Trinajstić information content (AvgIpc) is 3.09. The number of benzene rings is 1. The summed E-state index contributed by atoms with van der Waals surface area (Å²) in [4.78, 5) is 23.7. The van der Waals surface area contributed by atoms with Crippen LogP contribution < -0.4 is 14.5 Å². The van der Waals surface area contributed by atoms with Gasteiger partial charge in [-0.1, -0.05) is 6.92 Å². The summed E-state index contributed by atoms with van der Waals surface area (Å²) in [6, 6.07) is 5.99. The van der Waals surface area contributed by atoms with Crippen molar-refractivity contribution < 1.29 is 9.53 Å². The second-order valence-electron chi connectivity index (χ2n) is 5.89. The smallest absolute Gasteiger partial charge is 0.226 e. The maximum Gasteiger partial charge on any atom is 0.226 e. The van der Waals surface area contributed by atoms with Crippen molar-refractivity contribution in [2.75, 3.05) is 29.5 Å². The fourth-order valence-electron chi connectivity index (χ4n) is 3.02. The van der Waals surface area contributed by atoms with Crippen molar-refractivity contribution in [1.29, 1.82) is 0 Å². The van der Waals surface area contributed by atoms with Gasteiger partial charge < -0.3 is 19.5 Å². The third-order valence-corrected chi connectivity index (χ3v) is 4.21. The molecule has 6 nitrogen and oxygen atoms in total. The summed E-state index contributed by atoms with van der Waals surface area (Å²) >= 11 is 0. The lowest BCUT2D eigenvalue weighted by Gasteiger charge is -2.32. The third kappa shape index (κ3) is 3.37. The highest BCUT2D eigenvalue weighted by atomic mass is 16.5. The SMILES string of the molecule is CCCC(=O)N(CC)c1ccc2c(c1)N(Cc1cnc[nH]1)CCO2. The van der Waals surface area contributed by atoms with E-state index in [1.165, 1.54) is 0 Å². The monoisotopic (exact) mass is 328 g/mol. The Hall–Kier alpha value is -2.50. The molecule has 0 atom stereocenters. The van der Waals surface area contributed by atoms with Gasteiger partial charge in [0.05, 0.1) is 30.8 Å². The van der Waals surface area contributed by atoms with E-state index in [0.29, 0.717) is 19.6 Å². The Morgan fingerprint density at radius 2 is 2.29 bits per heavy atom. The van der Waals surface area contributed by atoms with Gasteiger partial charge in [-0.15, -0.1) is 0 Å². The molecule has 0 saturated carbocycles. The van der Waals surface area contributed by atoms with Crippen molar-refractivity contribution in [3.05, 3.63) is 36.4 Å². The molecule has 3 rings (SSSR count). The van der Waals surface area contributed by atoms with E-state index in [-0.39, 0.29) is 5.91 Å². The molecule has 1 aliphatic heterocycles. The second kappa shape index (κ2) is 7.38.